The second-order valence-corrected chi connectivity index (χ2v) is 9.66. The van der Waals surface area contributed by atoms with Crippen LogP contribution in [0.15, 0.2) is 48.5 Å². The van der Waals surface area contributed by atoms with E-state index in [2.05, 4.69) is 18.2 Å². The molecule has 0 spiro atoms. The second-order valence-electron chi connectivity index (χ2n) is 8.60. The number of halogens is 1. The molecule has 0 saturated carbocycles. The molecule has 1 amide bonds. The summed E-state index contributed by atoms with van der Waals surface area (Å²) in [6.45, 7) is 1.44. The van der Waals surface area contributed by atoms with Crippen molar-refractivity contribution in [3.8, 4) is 5.69 Å². The smallest absolute Gasteiger partial charge is 0.274 e. The zero-order chi connectivity index (χ0) is 21.7. The van der Waals surface area contributed by atoms with E-state index in [4.69, 9.17) is 10.1 Å². The SMILES string of the molecule is O=C(c1nn(-c2ccc(F)cc2)c2c1CCC2)N1CCC(c2nc3ccccc3s2)CC1. The highest BCUT2D eigenvalue weighted by molar-refractivity contribution is 7.18. The number of aromatic nitrogens is 3. The number of carbonyl (C=O) groups excluding carboxylic acids is 1. The Morgan fingerprint density at radius 1 is 1.03 bits per heavy atom. The normalized spacial score (nSPS) is 16.6. The topological polar surface area (TPSA) is 51.0 Å². The van der Waals surface area contributed by atoms with Gasteiger partial charge in [0, 0.05) is 30.3 Å². The van der Waals surface area contributed by atoms with Crippen LogP contribution in [-0.4, -0.2) is 38.7 Å². The Hall–Kier alpha value is -3.06. The lowest BCUT2D eigenvalue weighted by Crippen LogP contribution is -2.38. The zero-order valence-electron chi connectivity index (χ0n) is 17.6. The zero-order valence-corrected chi connectivity index (χ0v) is 18.4. The molecule has 162 valence electrons. The number of para-hydroxylation sites is 1. The van der Waals surface area contributed by atoms with Gasteiger partial charge in [-0.1, -0.05) is 12.1 Å². The van der Waals surface area contributed by atoms with E-state index in [1.165, 1.54) is 21.8 Å². The molecule has 2 aromatic heterocycles. The summed E-state index contributed by atoms with van der Waals surface area (Å²) < 4.78 is 16.4. The maximum absolute atomic E-state index is 13.4. The minimum absolute atomic E-state index is 0.0201. The Morgan fingerprint density at radius 3 is 2.59 bits per heavy atom. The van der Waals surface area contributed by atoms with E-state index in [0.29, 0.717) is 11.6 Å². The highest BCUT2D eigenvalue weighted by atomic mass is 32.1. The molecule has 5 nitrogen and oxygen atoms in total. The second kappa shape index (κ2) is 7.81. The van der Waals surface area contributed by atoms with Gasteiger partial charge in [0.2, 0.25) is 0 Å². The molecule has 2 aromatic carbocycles. The van der Waals surface area contributed by atoms with Crippen molar-refractivity contribution in [2.24, 2.45) is 0 Å². The summed E-state index contributed by atoms with van der Waals surface area (Å²) >= 11 is 1.77. The van der Waals surface area contributed by atoms with Crippen LogP contribution in [0.3, 0.4) is 0 Å². The Bertz CT molecular complexity index is 1270. The Labute approximate surface area is 189 Å². The largest absolute Gasteiger partial charge is 0.337 e. The third kappa shape index (κ3) is 3.32. The van der Waals surface area contributed by atoms with Gasteiger partial charge in [-0.2, -0.15) is 5.10 Å². The number of rotatable bonds is 3. The molecule has 3 heterocycles. The van der Waals surface area contributed by atoms with Crippen LogP contribution in [0.5, 0.6) is 0 Å². The minimum atomic E-state index is -0.273. The van der Waals surface area contributed by atoms with Crippen molar-refractivity contribution in [3.63, 3.8) is 0 Å². The molecule has 1 aliphatic heterocycles. The van der Waals surface area contributed by atoms with Gasteiger partial charge in [-0.3, -0.25) is 4.79 Å². The van der Waals surface area contributed by atoms with Crippen molar-refractivity contribution in [2.45, 2.75) is 38.0 Å². The van der Waals surface area contributed by atoms with Gasteiger partial charge in [0.25, 0.3) is 5.91 Å². The molecule has 4 aromatic rings. The molecule has 6 rings (SSSR count). The molecule has 0 radical (unpaired) electrons. The van der Waals surface area contributed by atoms with Gasteiger partial charge in [-0.15, -0.1) is 11.3 Å². The van der Waals surface area contributed by atoms with E-state index in [-0.39, 0.29) is 11.7 Å². The first kappa shape index (κ1) is 19.6. The summed E-state index contributed by atoms with van der Waals surface area (Å²) in [5.74, 6) is 0.149. The number of nitrogens with zero attached hydrogens (tertiary/aromatic N) is 4. The third-order valence-electron chi connectivity index (χ3n) is 6.65. The average molecular weight is 447 g/mol. The van der Waals surface area contributed by atoms with Crippen molar-refractivity contribution >= 4 is 27.5 Å². The molecule has 1 saturated heterocycles. The van der Waals surface area contributed by atoms with Gasteiger partial charge in [0.15, 0.2) is 5.69 Å². The fourth-order valence-corrected chi connectivity index (χ4v) is 6.09. The van der Waals surface area contributed by atoms with Gasteiger partial charge in [-0.05, 0) is 68.5 Å². The van der Waals surface area contributed by atoms with Gasteiger partial charge >= 0.3 is 0 Å². The van der Waals surface area contributed by atoms with Crippen LogP contribution in [-0.2, 0) is 12.8 Å². The summed E-state index contributed by atoms with van der Waals surface area (Å²) in [5, 5.41) is 5.89. The van der Waals surface area contributed by atoms with E-state index in [0.717, 1.165) is 67.7 Å². The molecule has 1 fully saturated rings. The van der Waals surface area contributed by atoms with Crippen molar-refractivity contribution in [1.82, 2.24) is 19.7 Å². The Balaban J connectivity index is 1.22. The number of amides is 1. The maximum atomic E-state index is 13.4. The Morgan fingerprint density at radius 2 is 1.81 bits per heavy atom. The lowest BCUT2D eigenvalue weighted by Gasteiger charge is -2.30. The molecule has 0 atom stereocenters. The predicted octanol–water partition coefficient (Wildman–Crippen LogP) is 5.13. The first-order chi connectivity index (χ1) is 15.7. The van der Waals surface area contributed by atoms with Crippen LogP contribution in [0.2, 0.25) is 0 Å². The molecule has 0 N–H and O–H groups in total. The van der Waals surface area contributed by atoms with Crippen molar-refractivity contribution in [3.05, 3.63) is 76.3 Å². The quantitative estimate of drug-likeness (QED) is 0.438. The van der Waals surface area contributed by atoms with Crippen molar-refractivity contribution in [2.75, 3.05) is 13.1 Å². The van der Waals surface area contributed by atoms with Gasteiger partial charge in [0.1, 0.15) is 5.82 Å². The highest BCUT2D eigenvalue weighted by Gasteiger charge is 2.32. The number of benzene rings is 2. The summed E-state index contributed by atoms with van der Waals surface area (Å²) in [6, 6.07) is 14.6. The van der Waals surface area contributed by atoms with Crippen molar-refractivity contribution in [1.29, 1.82) is 0 Å². The predicted molar refractivity (Wildman–Crippen MR) is 123 cm³/mol. The minimum Gasteiger partial charge on any atom is -0.337 e. The van der Waals surface area contributed by atoms with Crippen LogP contribution in [0.25, 0.3) is 15.9 Å². The van der Waals surface area contributed by atoms with Gasteiger partial charge in [-0.25, -0.2) is 14.1 Å². The van der Waals surface area contributed by atoms with Crippen LogP contribution < -0.4 is 0 Å². The lowest BCUT2D eigenvalue weighted by molar-refractivity contribution is 0.0705. The molecular formula is C25H23FN4OS. The van der Waals surface area contributed by atoms with Crippen molar-refractivity contribution < 1.29 is 9.18 Å². The number of thiazole rings is 1. The number of piperidine rings is 1. The molecule has 0 bridgehead atoms. The summed E-state index contributed by atoms with van der Waals surface area (Å²) in [4.78, 5) is 20.2. The highest BCUT2D eigenvalue weighted by Crippen LogP contribution is 2.35. The monoisotopic (exact) mass is 446 g/mol. The average Bonchev–Trinajstić information content (AvgIpc) is 3.54. The molecule has 1 aliphatic carbocycles. The van der Waals surface area contributed by atoms with Crippen LogP contribution in [0.1, 0.15) is 51.9 Å². The molecular weight excluding hydrogens is 423 g/mol. The fourth-order valence-electron chi connectivity index (χ4n) is 4.95. The van der Waals surface area contributed by atoms with Gasteiger partial charge < -0.3 is 4.90 Å². The van der Waals surface area contributed by atoms with E-state index in [9.17, 15) is 9.18 Å². The summed E-state index contributed by atoms with van der Waals surface area (Å²) in [5.41, 5.74) is 4.59. The first-order valence-electron chi connectivity index (χ1n) is 11.2. The van der Waals surface area contributed by atoms with E-state index < -0.39 is 0 Å². The number of carbonyl (C=O) groups is 1. The standard InChI is InChI=1S/C25H23FN4OS/c26-17-8-10-18(11-9-17)30-21-6-3-4-19(21)23(28-30)25(31)29-14-12-16(13-15-29)24-27-20-5-1-2-7-22(20)32-24/h1-2,5,7-11,16H,3-4,6,12-15H2. The molecule has 2 aliphatic rings. The van der Waals surface area contributed by atoms with Crippen LogP contribution >= 0.6 is 11.3 Å². The molecule has 7 heteroatoms. The number of fused-ring (bicyclic) bond motifs is 2. The number of hydrogen-bond donors (Lipinski definition) is 0. The van der Waals surface area contributed by atoms with Crippen LogP contribution in [0.4, 0.5) is 4.39 Å². The van der Waals surface area contributed by atoms with E-state index >= 15 is 0 Å². The molecule has 32 heavy (non-hydrogen) atoms. The maximum Gasteiger partial charge on any atom is 0.274 e. The van der Waals surface area contributed by atoms with Crippen LogP contribution in [0, 0.1) is 5.82 Å². The first-order valence-corrected chi connectivity index (χ1v) is 12.0. The third-order valence-corrected chi connectivity index (χ3v) is 7.84. The fraction of sp³-hybridized carbons (Fsp3) is 0.320. The van der Waals surface area contributed by atoms with E-state index in [1.807, 2.05) is 15.6 Å². The van der Waals surface area contributed by atoms with Gasteiger partial charge in [0.05, 0.1) is 20.9 Å². The molecule has 0 unspecified atom stereocenters. The Kier molecular flexibility index (Phi) is 4.79. The van der Waals surface area contributed by atoms with E-state index in [1.54, 1.807) is 23.5 Å². The number of hydrogen-bond acceptors (Lipinski definition) is 4. The lowest BCUT2D eigenvalue weighted by atomic mass is 9.97. The summed E-state index contributed by atoms with van der Waals surface area (Å²) in [7, 11) is 0. The summed E-state index contributed by atoms with van der Waals surface area (Å²) in [6.07, 6.45) is 4.64. The number of likely N-dealkylation sites (tertiary alicyclic amines) is 1.